The number of ether oxygens (including phenoxy) is 3. The van der Waals surface area contributed by atoms with Gasteiger partial charge >= 0.3 is 0 Å². The number of para-hydroxylation sites is 2. The molecule has 2 atom stereocenters. The zero-order chi connectivity index (χ0) is 21.3. The topological polar surface area (TPSA) is 39.7 Å². The molecule has 0 unspecified atom stereocenters. The summed E-state index contributed by atoms with van der Waals surface area (Å²) in [5, 5.41) is 3.76. The van der Waals surface area contributed by atoms with Crippen molar-refractivity contribution in [2.75, 3.05) is 38.6 Å². The molecule has 0 spiro atoms. The highest BCUT2D eigenvalue weighted by Gasteiger charge is 2.21. The van der Waals surface area contributed by atoms with Crippen LogP contribution in [-0.4, -0.2) is 44.6 Å². The summed E-state index contributed by atoms with van der Waals surface area (Å²) in [5.74, 6) is 5.16. The van der Waals surface area contributed by atoms with Crippen LogP contribution in [0.25, 0.3) is 0 Å². The van der Waals surface area contributed by atoms with Crippen LogP contribution < -0.4 is 14.8 Å². The molecule has 0 radical (unpaired) electrons. The minimum atomic E-state index is 0.273. The summed E-state index contributed by atoms with van der Waals surface area (Å²) < 4.78 is 17.0. The van der Waals surface area contributed by atoms with Gasteiger partial charge in [0.15, 0.2) is 6.79 Å². The molecule has 1 aliphatic heterocycles. The lowest BCUT2D eigenvalue weighted by Gasteiger charge is -2.25. The molecule has 1 N–H and O–H groups in total. The normalized spacial score (nSPS) is 17.2. The minimum Gasteiger partial charge on any atom is -0.491 e. The number of thioether (sulfide) groups is 2. The van der Waals surface area contributed by atoms with E-state index in [1.807, 2.05) is 29.6 Å². The molecule has 30 heavy (non-hydrogen) atoms. The van der Waals surface area contributed by atoms with Crippen LogP contribution in [0, 0.1) is 18.8 Å². The van der Waals surface area contributed by atoms with E-state index in [1.54, 1.807) is 7.11 Å². The number of rotatable bonds is 10. The van der Waals surface area contributed by atoms with Gasteiger partial charge in [-0.2, -0.15) is 0 Å². The zero-order valence-electron chi connectivity index (χ0n) is 18.4. The summed E-state index contributed by atoms with van der Waals surface area (Å²) in [6.45, 7) is 8.66. The van der Waals surface area contributed by atoms with Crippen LogP contribution in [0.1, 0.15) is 19.4 Å². The van der Waals surface area contributed by atoms with Crippen molar-refractivity contribution in [3.8, 4) is 11.5 Å². The maximum Gasteiger partial charge on any atom is 0.188 e. The van der Waals surface area contributed by atoms with Gasteiger partial charge in [0, 0.05) is 28.4 Å². The number of hydrogen-bond donors (Lipinski definition) is 1. The number of benzene rings is 2. The smallest absolute Gasteiger partial charge is 0.188 e. The molecule has 2 aromatic carbocycles. The molecule has 0 aromatic heterocycles. The number of methoxy groups -OCH3 is 1. The van der Waals surface area contributed by atoms with Gasteiger partial charge in [0.25, 0.3) is 0 Å². The third kappa shape index (κ3) is 6.58. The second-order valence-electron chi connectivity index (χ2n) is 7.94. The lowest BCUT2D eigenvalue weighted by molar-refractivity contribution is 0.0486. The number of fused-ring (bicyclic) bond motifs is 1. The lowest BCUT2D eigenvalue weighted by Crippen LogP contribution is -2.40. The Kier molecular flexibility index (Phi) is 9.25. The first kappa shape index (κ1) is 23.3. The van der Waals surface area contributed by atoms with Crippen molar-refractivity contribution in [2.45, 2.75) is 36.6 Å². The van der Waals surface area contributed by atoms with Gasteiger partial charge in [0.05, 0.1) is 6.04 Å². The predicted molar refractivity (Wildman–Crippen MR) is 127 cm³/mol. The van der Waals surface area contributed by atoms with Gasteiger partial charge in [-0.3, -0.25) is 0 Å². The Morgan fingerprint density at radius 3 is 2.83 bits per heavy atom. The molecule has 0 amide bonds. The second-order valence-corrected chi connectivity index (χ2v) is 10.1. The van der Waals surface area contributed by atoms with Gasteiger partial charge in [0.2, 0.25) is 0 Å². The monoisotopic (exact) mass is 447 g/mol. The van der Waals surface area contributed by atoms with Crippen molar-refractivity contribution in [1.29, 1.82) is 0 Å². The van der Waals surface area contributed by atoms with E-state index in [0.717, 1.165) is 41.7 Å². The fraction of sp³-hybridized carbons (Fsp3) is 0.500. The van der Waals surface area contributed by atoms with Crippen LogP contribution in [0.2, 0.25) is 0 Å². The minimum absolute atomic E-state index is 0.273. The van der Waals surface area contributed by atoms with Crippen molar-refractivity contribution >= 4 is 23.5 Å². The molecule has 4 nitrogen and oxygen atoms in total. The van der Waals surface area contributed by atoms with Gasteiger partial charge in [-0.05, 0) is 49.1 Å². The first-order chi connectivity index (χ1) is 14.6. The number of hydrogen-bond acceptors (Lipinski definition) is 6. The van der Waals surface area contributed by atoms with E-state index in [4.69, 9.17) is 14.2 Å². The van der Waals surface area contributed by atoms with Crippen LogP contribution in [0.3, 0.4) is 0 Å². The number of nitrogens with one attached hydrogen (secondary N) is 1. The molecule has 0 saturated heterocycles. The van der Waals surface area contributed by atoms with Crippen LogP contribution in [0.5, 0.6) is 11.5 Å². The molecular formula is C24H33NO3S2. The summed E-state index contributed by atoms with van der Waals surface area (Å²) in [6.07, 6.45) is 0. The fourth-order valence-corrected chi connectivity index (χ4v) is 5.74. The molecule has 0 saturated carbocycles. The third-order valence-electron chi connectivity index (χ3n) is 5.29. The van der Waals surface area contributed by atoms with E-state index in [9.17, 15) is 0 Å². The Bertz CT molecular complexity index is 773. The summed E-state index contributed by atoms with van der Waals surface area (Å²) >= 11 is 3.75. The van der Waals surface area contributed by atoms with Crippen molar-refractivity contribution in [2.24, 2.45) is 11.8 Å². The quantitative estimate of drug-likeness (QED) is 0.384. The molecule has 1 aliphatic rings. The van der Waals surface area contributed by atoms with E-state index in [0.29, 0.717) is 17.9 Å². The molecular weight excluding hydrogens is 414 g/mol. The van der Waals surface area contributed by atoms with E-state index >= 15 is 0 Å². The lowest BCUT2D eigenvalue weighted by atomic mass is 9.98. The summed E-state index contributed by atoms with van der Waals surface area (Å²) in [6, 6.07) is 15.0. The molecule has 2 aromatic rings. The molecule has 0 fully saturated rings. The fourth-order valence-electron chi connectivity index (χ4n) is 3.28. The summed E-state index contributed by atoms with van der Waals surface area (Å²) in [7, 11) is 1.65. The third-order valence-corrected chi connectivity index (χ3v) is 7.74. The average Bonchev–Trinajstić information content (AvgIpc) is 2.95. The van der Waals surface area contributed by atoms with E-state index < -0.39 is 0 Å². The second kappa shape index (κ2) is 11.9. The molecule has 164 valence electrons. The van der Waals surface area contributed by atoms with E-state index in [1.165, 1.54) is 9.79 Å². The van der Waals surface area contributed by atoms with Crippen molar-refractivity contribution < 1.29 is 14.2 Å². The van der Waals surface area contributed by atoms with Crippen LogP contribution >= 0.6 is 23.5 Å². The van der Waals surface area contributed by atoms with Crippen LogP contribution in [0.15, 0.2) is 52.3 Å². The Balaban J connectivity index is 1.54. The maximum atomic E-state index is 6.03. The Morgan fingerprint density at radius 2 is 2.03 bits per heavy atom. The van der Waals surface area contributed by atoms with Gasteiger partial charge < -0.3 is 19.5 Å². The molecule has 0 aliphatic carbocycles. The Morgan fingerprint density at radius 1 is 1.20 bits per heavy atom. The highest BCUT2D eigenvalue weighted by Crippen LogP contribution is 2.35. The van der Waals surface area contributed by atoms with E-state index in [-0.39, 0.29) is 6.79 Å². The Labute approximate surface area is 189 Å². The maximum absolute atomic E-state index is 6.03. The zero-order valence-corrected chi connectivity index (χ0v) is 20.0. The van der Waals surface area contributed by atoms with Gasteiger partial charge in [-0.25, -0.2) is 0 Å². The predicted octanol–water partition coefficient (Wildman–Crippen LogP) is 5.48. The van der Waals surface area contributed by atoms with Gasteiger partial charge in [-0.1, -0.05) is 38.1 Å². The van der Waals surface area contributed by atoms with Crippen molar-refractivity contribution in [3.63, 3.8) is 0 Å². The summed E-state index contributed by atoms with van der Waals surface area (Å²) in [4.78, 5) is 2.42. The Hall–Kier alpha value is -1.34. The van der Waals surface area contributed by atoms with Crippen LogP contribution in [-0.2, 0) is 4.74 Å². The SMILES string of the molecule is COCOc1c(C)cccc1SC[C@H](CN[C@@H]1COc2ccccc2SC1)C(C)C. The van der Waals surface area contributed by atoms with Crippen molar-refractivity contribution in [3.05, 3.63) is 48.0 Å². The van der Waals surface area contributed by atoms with Gasteiger partial charge in [-0.15, -0.1) is 23.5 Å². The highest BCUT2D eigenvalue weighted by atomic mass is 32.2. The molecule has 6 heteroatoms. The molecule has 0 bridgehead atoms. The highest BCUT2D eigenvalue weighted by molar-refractivity contribution is 7.99. The number of aryl methyl sites for hydroxylation is 1. The van der Waals surface area contributed by atoms with Crippen LogP contribution in [0.4, 0.5) is 0 Å². The average molecular weight is 448 g/mol. The largest absolute Gasteiger partial charge is 0.491 e. The van der Waals surface area contributed by atoms with Gasteiger partial charge in [0.1, 0.15) is 18.1 Å². The first-order valence-electron chi connectivity index (χ1n) is 10.5. The van der Waals surface area contributed by atoms with Crippen molar-refractivity contribution in [1.82, 2.24) is 5.32 Å². The standard InChI is InChI=1S/C24H33NO3S2/c1-17(2)19(14-29-23-11-7-8-18(3)24(23)28-16-26-4)12-25-20-13-27-21-9-5-6-10-22(21)30-15-20/h5-11,17,19-20,25H,12-16H2,1-4H3/t19-,20+/m0/s1. The first-order valence-corrected chi connectivity index (χ1v) is 12.5. The van der Waals surface area contributed by atoms with E-state index in [2.05, 4.69) is 62.5 Å². The molecule has 1 heterocycles. The summed E-state index contributed by atoms with van der Waals surface area (Å²) in [5.41, 5.74) is 1.14. The molecule has 3 rings (SSSR count).